The van der Waals surface area contributed by atoms with Crippen LogP contribution in [0.3, 0.4) is 0 Å². The van der Waals surface area contributed by atoms with Crippen molar-refractivity contribution in [1.29, 1.82) is 0 Å². The summed E-state index contributed by atoms with van der Waals surface area (Å²) in [5, 5.41) is 4.13. The summed E-state index contributed by atoms with van der Waals surface area (Å²) in [6, 6.07) is 16.3. The first-order valence-electron chi connectivity index (χ1n) is 9.83. The van der Waals surface area contributed by atoms with Crippen LogP contribution in [0.1, 0.15) is 30.9 Å². The molecule has 1 aliphatic heterocycles. The van der Waals surface area contributed by atoms with Gasteiger partial charge >= 0.3 is 0 Å². The van der Waals surface area contributed by atoms with E-state index >= 15 is 0 Å². The van der Waals surface area contributed by atoms with Crippen LogP contribution in [-0.4, -0.2) is 28.9 Å². The highest BCUT2D eigenvalue weighted by Crippen LogP contribution is 2.20. The number of aromatic nitrogens is 1. The Morgan fingerprint density at radius 2 is 2.00 bits per heavy atom. The third kappa shape index (κ3) is 4.40. The number of piperidine rings is 1. The molecule has 1 saturated heterocycles. The van der Waals surface area contributed by atoms with Gasteiger partial charge in [0.1, 0.15) is 0 Å². The maximum atomic E-state index is 12.4. The average molecular weight is 361 g/mol. The normalized spacial score (nSPS) is 17.9. The Balaban J connectivity index is 1.34. The van der Waals surface area contributed by atoms with E-state index in [0.29, 0.717) is 6.42 Å². The molecule has 0 spiro atoms. The fraction of sp³-hybridized carbons (Fsp3) is 0.348. The van der Waals surface area contributed by atoms with Crippen molar-refractivity contribution in [2.75, 3.05) is 18.4 Å². The molecule has 1 amide bonds. The Morgan fingerprint density at radius 1 is 1.19 bits per heavy atom. The maximum absolute atomic E-state index is 12.4. The predicted molar refractivity (Wildman–Crippen MR) is 111 cm³/mol. The number of aromatic amines is 1. The number of rotatable bonds is 5. The average Bonchev–Trinajstić information content (AvgIpc) is 3.06. The van der Waals surface area contributed by atoms with Gasteiger partial charge in [0.15, 0.2) is 0 Å². The van der Waals surface area contributed by atoms with Gasteiger partial charge in [0.2, 0.25) is 5.91 Å². The van der Waals surface area contributed by atoms with E-state index in [0.717, 1.165) is 34.6 Å². The van der Waals surface area contributed by atoms with Crippen molar-refractivity contribution in [2.45, 2.75) is 32.7 Å². The fourth-order valence-corrected chi connectivity index (χ4v) is 4.04. The maximum Gasteiger partial charge on any atom is 0.228 e. The smallest absolute Gasteiger partial charge is 0.228 e. The van der Waals surface area contributed by atoms with Crippen LogP contribution in [0.2, 0.25) is 0 Å². The highest BCUT2D eigenvalue weighted by atomic mass is 16.1. The van der Waals surface area contributed by atoms with Crippen LogP contribution in [0.5, 0.6) is 0 Å². The lowest BCUT2D eigenvalue weighted by Crippen LogP contribution is -2.33. The minimum Gasteiger partial charge on any atom is -0.361 e. The highest BCUT2D eigenvalue weighted by molar-refractivity contribution is 5.95. The first-order valence-corrected chi connectivity index (χ1v) is 9.83. The van der Waals surface area contributed by atoms with Gasteiger partial charge in [-0.1, -0.05) is 37.3 Å². The molecule has 1 fully saturated rings. The Labute approximate surface area is 160 Å². The zero-order chi connectivity index (χ0) is 18.6. The van der Waals surface area contributed by atoms with Gasteiger partial charge in [-0.05, 0) is 54.6 Å². The lowest BCUT2D eigenvalue weighted by atomic mass is 10.00. The molecule has 4 heteroatoms. The summed E-state index contributed by atoms with van der Waals surface area (Å²) in [6.45, 7) is 5.70. The molecule has 0 bridgehead atoms. The van der Waals surface area contributed by atoms with Gasteiger partial charge in [-0.3, -0.25) is 9.69 Å². The summed E-state index contributed by atoms with van der Waals surface area (Å²) in [7, 11) is 0. The number of fused-ring (bicyclic) bond motifs is 1. The monoisotopic (exact) mass is 361 g/mol. The van der Waals surface area contributed by atoms with Crippen molar-refractivity contribution >= 4 is 22.5 Å². The number of nitrogens with one attached hydrogen (secondary N) is 2. The number of carbonyl (C=O) groups is 1. The van der Waals surface area contributed by atoms with Crippen molar-refractivity contribution in [3.8, 4) is 0 Å². The van der Waals surface area contributed by atoms with Crippen molar-refractivity contribution in [3.63, 3.8) is 0 Å². The lowest BCUT2D eigenvalue weighted by Gasteiger charge is -2.30. The number of H-pyrrole nitrogens is 1. The van der Waals surface area contributed by atoms with Crippen molar-refractivity contribution in [2.24, 2.45) is 5.92 Å². The van der Waals surface area contributed by atoms with Crippen LogP contribution in [0, 0.1) is 5.92 Å². The number of hydrogen-bond acceptors (Lipinski definition) is 2. The summed E-state index contributed by atoms with van der Waals surface area (Å²) >= 11 is 0. The first kappa shape index (κ1) is 17.8. The van der Waals surface area contributed by atoms with Gasteiger partial charge < -0.3 is 10.3 Å². The molecule has 1 unspecified atom stereocenters. The zero-order valence-electron chi connectivity index (χ0n) is 15.9. The molecule has 1 aromatic heterocycles. The molecule has 2 heterocycles. The summed E-state index contributed by atoms with van der Waals surface area (Å²) in [5.41, 5.74) is 4.25. The molecule has 0 aliphatic carbocycles. The van der Waals surface area contributed by atoms with Crippen molar-refractivity contribution < 1.29 is 4.79 Å². The highest BCUT2D eigenvalue weighted by Gasteiger charge is 2.16. The molecule has 3 aromatic rings. The SMILES string of the molecule is CC1CCCN(Cc2ccc(NC(=O)Cc3c[nH]c4ccccc34)cc2)C1. The van der Waals surface area contributed by atoms with E-state index in [1.807, 2.05) is 42.6 Å². The Bertz CT molecular complexity index is 913. The summed E-state index contributed by atoms with van der Waals surface area (Å²) < 4.78 is 0. The van der Waals surface area contributed by atoms with E-state index < -0.39 is 0 Å². The van der Waals surface area contributed by atoms with E-state index in [-0.39, 0.29) is 5.91 Å². The quantitative estimate of drug-likeness (QED) is 0.699. The molecule has 27 heavy (non-hydrogen) atoms. The number of benzene rings is 2. The van der Waals surface area contributed by atoms with E-state index in [9.17, 15) is 4.79 Å². The Morgan fingerprint density at radius 3 is 2.81 bits per heavy atom. The zero-order valence-corrected chi connectivity index (χ0v) is 15.9. The van der Waals surface area contributed by atoms with Gasteiger partial charge in [0, 0.05) is 35.9 Å². The van der Waals surface area contributed by atoms with E-state index in [2.05, 4.69) is 34.3 Å². The second-order valence-corrected chi connectivity index (χ2v) is 7.76. The third-order valence-electron chi connectivity index (χ3n) is 5.41. The minimum atomic E-state index is 0.0114. The molecule has 140 valence electrons. The van der Waals surface area contributed by atoms with Crippen LogP contribution in [0.15, 0.2) is 54.7 Å². The molecule has 2 aromatic carbocycles. The molecule has 1 aliphatic rings. The number of hydrogen-bond donors (Lipinski definition) is 2. The van der Waals surface area contributed by atoms with Crippen molar-refractivity contribution in [3.05, 3.63) is 65.9 Å². The number of amides is 1. The van der Waals surface area contributed by atoms with Crippen LogP contribution in [-0.2, 0) is 17.8 Å². The first-order chi connectivity index (χ1) is 13.2. The summed E-state index contributed by atoms with van der Waals surface area (Å²) in [6.07, 6.45) is 4.94. The van der Waals surface area contributed by atoms with Crippen molar-refractivity contribution in [1.82, 2.24) is 9.88 Å². The second kappa shape index (κ2) is 7.97. The number of carbonyl (C=O) groups excluding carboxylic acids is 1. The summed E-state index contributed by atoms with van der Waals surface area (Å²) in [4.78, 5) is 18.2. The Hall–Kier alpha value is -2.59. The number of nitrogens with zero attached hydrogens (tertiary/aromatic N) is 1. The molecule has 0 radical (unpaired) electrons. The van der Waals surface area contributed by atoms with Gasteiger partial charge in [-0.15, -0.1) is 0 Å². The molecule has 4 rings (SSSR count). The fourth-order valence-electron chi connectivity index (χ4n) is 4.04. The van der Waals surface area contributed by atoms with Crippen LogP contribution in [0.25, 0.3) is 10.9 Å². The number of para-hydroxylation sites is 1. The van der Waals surface area contributed by atoms with Crippen LogP contribution >= 0.6 is 0 Å². The van der Waals surface area contributed by atoms with Gasteiger partial charge in [0.25, 0.3) is 0 Å². The topological polar surface area (TPSA) is 48.1 Å². The van der Waals surface area contributed by atoms with E-state index in [1.54, 1.807) is 0 Å². The van der Waals surface area contributed by atoms with Crippen LogP contribution in [0.4, 0.5) is 5.69 Å². The third-order valence-corrected chi connectivity index (χ3v) is 5.41. The Kier molecular flexibility index (Phi) is 5.26. The number of likely N-dealkylation sites (tertiary alicyclic amines) is 1. The molecule has 4 nitrogen and oxygen atoms in total. The number of anilines is 1. The lowest BCUT2D eigenvalue weighted by molar-refractivity contribution is -0.115. The molecule has 2 N–H and O–H groups in total. The van der Waals surface area contributed by atoms with Crippen LogP contribution < -0.4 is 5.32 Å². The molecule has 1 atom stereocenters. The molecule has 0 saturated carbocycles. The minimum absolute atomic E-state index is 0.0114. The molecular formula is C23H27N3O. The predicted octanol–water partition coefficient (Wildman–Crippen LogP) is 4.58. The van der Waals surface area contributed by atoms with Gasteiger partial charge in [-0.25, -0.2) is 0 Å². The standard InChI is InChI=1S/C23H27N3O/c1-17-5-4-12-26(15-17)16-18-8-10-20(11-9-18)25-23(27)13-19-14-24-22-7-3-2-6-21(19)22/h2-3,6-11,14,17,24H,4-5,12-13,15-16H2,1H3,(H,25,27). The second-order valence-electron chi connectivity index (χ2n) is 7.76. The van der Waals surface area contributed by atoms with Gasteiger partial charge in [-0.2, -0.15) is 0 Å². The van der Waals surface area contributed by atoms with E-state index in [1.165, 1.54) is 31.5 Å². The van der Waals surface area contributed by atoms with E-state index in [4.69, 9.17) is 0 Å². The largest absolute Gasteiger partial charge is 0.361 e. The summed E-state index contributed by atoms with van der Waals surface area (Å²) in [5.74, 6) is 0.805. The van der Waals surface area contributed by atoms with Gasteiger partial charge in [0.05, 0.1) is 6.42 Å². The molecular weight excluding hydrogens is 334 g/mol.